The van der Waals surface area contributed by atoms with Gasteiger partial charge in [0.1, 0.15) is 5.75 Å². The molecule has 1 aliphatic heterocycles. The highest BCUT2D eigenvalue weighted by Crippen LogP contribution is 2.27. The highest BCUT2D eigenvalue weighted by molar-refractivity contribution is 5.96. The molecular weight excluding hydrogens is 316 g/mol. The van der Waals surface area contributed by atoms with Crippen LogP contribution in [0, 0.1) is 0 Å². The Morgan fingerprint density at radius 2 is 1.92 bits per heavy atom. The lowest BCUT2D eigenvalue weighted by Gasteiger charge is -2.26. The summed E-state index contributed by atoms with van der Waals surface area (Å²) in [7, 11) is 1.79. The quantitative estimate of drug-likeness (QED) is 0.911. The molecule has 2 aromatic carbocycles. The average molecular weight is 338 g/mol. The first kappa shape index (κ1) is 17.0. The zero-order valence-electron chi connectivity index (χ0n) is 14.5. The van der Waals surface area contributed by atoms with Crippen molar-refractivity contribution >= 4 is 23.2 Å². The summed E-state index contributed by atoms with van der Waals surface area (Å²) in [6, 6.07) is 13.2. The number of fused-ring (bicyclic) bond motifs is 1. The van der Waals surface area contributed by atoms with E-state index in [0.717, 1.165) is 34.7 Å². The SMILES string of the molecule is CCOc1ccc(NC(=O)Cc2ccc3c(c2)CCC(=O)N3C)cc1. The molecule has 130 valence electrons. The number of benzene rings is 2. The highest BCUT2D eigenvalue weighted by atomic mass is 16.5. The molecule has 0 saturated carbocycles. The first-order chi connectivity index (χ1) is 12.1. The van der Waals surface area contributed by atoms with Crippen molar-refractivity contribution in [3.63, 3.8) is 0 Å². The molecule has 5 nitrogen and oxygen atoms in total. The molecule has 0 aromatic heterocycles. The summed E-state index contributed by atoms with van der Waals surface area (Å²) < 4.78 is 5.39. The molecule has 0 bridgehead atoms. The zero-order valence-corrected chi connectivity index (χ0v) is 14.5. The second-order valence-electron chi connectivity index (χ2n) is 6.10. The normalized spacial score (nSPS) is 13.4. The van der Waals surface area contributed by atoms with Crippen molar-refractivity contribution < 1.29 is 14.3 Å². The van der Waals surface area contributed by atoms with Crippen LogP contribution in [-0.4, -0.2) is 25.5 Å². The largest absolute Gasteiger partial charge is 0.494 e. The van der Waals surface area contributed by atoms with Crippen molar-refractivity contribution in [1.82, 2.24) is 0 Å². The number of nitrogens with one attached hydrogen (secondary N) is 1. The van der Waals surface area contributed by atoms with Gasteiger partial charge in [-0.25, -0.2) is 0 Å². The number of carbonyl (C=O) groups is 2. The molecule has 2 aromatic rings. The minimum Gasteiger partial charge on any atom is -0.494 e. The van der Waals surface area contributed by atoms with Crippen LogP contribution in [0.4, 0.5) is 11.4 Å². The van der Waals surface area contributed by atoms with E-state index in [0.29, 0.717) is 19.4 Å². The van der Waals surface area contributed by atoms with Gasteiger partial charge in [0.15, 0.2) is 0 Å². The van der Waals surface area contributed by atoms with Gasteiger partial charge in [-0.2, -0.15) is 0 Å². The fraction of sp³-hybridized carbons (Fsp3) is 0.300. The standard InChI is InChI=1S/C20H22N2O3/c1-3-25-17-8-6-16(7-9-17)21-19(23)13-14-4-10-18-15(12-14)5-11-20(24)22(18)2/h4,6-10,12H,3,5,11,13H2,1-2H3,(H,21,23). The molecule has 1 N–H and O–H groups in total. The topological polar surface area (TPSA) is 58.6 Å². The molecule has 0 radical (unpaired) electrons. The third-order valence-electron chi connectivity index (χ3n) is 4.30. The molecule has 0 fully saturated rings. The molecule has 5 heteroatoms. The second kappa shape index (κ2) is 7.38. The Labute approximate surface area is 147 Å². The lowest BCUT2D eigenvalue weighted by molar-refractivity contribution is -0.118. The number of amides is 2. The number of aryl methyl sites for hydroxylation is 1. The summed E-state index contributed by atoms with van der Waals surface area (Å²) in [6.07, 6.45) is 1.55. The number of nitrogens with zero attached hydrogens (tertiary/aromatic N) is 1. The van der Waals surface area contributed by atoms with Gasteiger partial charge < -0.3 is 15.0 Å². The van der Waals surface area contributed by atoms with E-state index in [1.165, 1.54) is 0 Å². The Kier molecular flexibility index (Phi) is 5.03. The summed E-state index contributed by atoms with van der Waals surface area (Å²) in [4.78, 5) is 25.7. The van der Waals surface area contributed by atoms with Crippen LogP contribution in [0.25, 0.3) is 0 Å². The Hall–Kier alpha value is -2.82. The number of ether oxygens (including phenoxy) is 1. The van der Waals surface area contributed by atoms with Crippen molar-refractivity contribution in [3.8, 4) is 5.75 Å². The van der Waals surface area contributed by atoms with E-state index < -0.39 is 0 Å². The zero-order chi connectivity index (χ0) is 17.8. The van der Waals surface area contributed by atoms with E-state index in [1.54, 1.807) is 11.9 Å². The van der Waals surface area contributed by atoms with E-state index in [-0.39, 0.29) is 11.8 Å². The van der Waals surface area contributed by atoms with Crippen LogP contribution in [0.1, 0.15) is 24.5 Å². The maximum absolute atomic E-state index is 12.3. The number of hydrogen-bond donors (Lipinski definition) is 1. The molecule has 1 heterocycles. The number of anilines is 2. The fourth-order valence-corrected chi connectivity index (χ4v) is 3.01. The summed E-state index contributed by atoms with van der Waals surface area (Å²) in [5.74, 6) is 0.853. The van der Waals surface area contributed by atoms with Crippen molar-refractivity contribution in [3.05, 3.63) is 53.6 Å². The third kappa shape index (κ3) is 3.99. The first-order valence-electron chi connectivity index (χ1n) is 8.48. The van der Waals surface area contributed by atoms with E-state index in [2.05, 4.69) is 5.32 Å². The number of hydrogen-bond acceptors (Lipinski definition) is 3. The second-order valence-corrected chi connectivity index (χ2v) is 6.10. The predicted molar refractivity (Wildman–Crippen MR) is 98.1 cm³/mol. The van der Waals surface area contributed by atoms with E-state index in [1.807, 2.05) is 49.4 Å². The van der Waals surface area contributed by atoms with Gasteiger partial charge in [-0.3, -0.25) is 9.59 Å². The van der Waals surface area contributed by atoms with E-state index in [4.69, 9.17) is 4.74 Å². The molecule has 0 aliphatic carbocycles. The van der Waals surface area contributed by atoms with Crippen molar-refractivity contribution in [2.24, 2.45) is 0 Å². The molecular formula is C20H22N2O3. The van der Waals surface area contributed by atoms with Crippen LogP contribution < -0.4 is 15.0 Å². The molecule has 2 amide bonds. The van der Waals surface area contributed by atoms with Gasteiger partial charge in [0.25, 0.3) is 0 Å². The molecule has 3 rings (SSSR count). The first-order valence-corrected chi connectivity index (χ1v) is 8.48. The Morgan fingerprint density at radius 3 is 2.64 bits per heavy atom. The van der Waals surface area contributed by atoms with Gasteiger partial charge in [-0.05, 0) is 54.8 Å². The Balaban J connectivity index is 1.64. The summed E-state index contributed by atoms with van der Waals surface area (Å²) >= 11 is 0. The summed E-state index contributed by atoms with van der Waals surface area (Å²) in [5, 5.41) is 2.90. The predicted octanol–water partition coefficient (Wildman–Crippen LogP) is 3.18. The van der Waals surface area contributed by atoms with Crippen LogP contribution in [0.5, 0.6) is 5.75 Å². The van der Waals surface area contributed by atoms with Crippen LogP contribution in [0.15, 0.2) is 42.5 Å². The van der Waals surface area contributed by atoms with Gasteiger partial charge in [0.05, 0.1) is 13.0 Å². The number of rotatable bonds is 5. The van der Waals surface area contributed by atoms with E-state index >= 15 is 0 Å². The fourth-order valence-electron chi connectivity index (χ4n) is 3.01. The maximum Gasteiger partial charge on any atom is 0.228 e. The smallest absolute Gasteiger partial charge is 0.228 e. The van der Waals surface area contributed by atoms with Crippen molar-refractivity contribution in [2.45, 2.75) is 26.2 Å². The Bertz CT molecular complexity index is 784. The maximum atomic E-state index is 12.3. The highest BCUT2D eigenvalue weighted by Gasteiger charge is 2.21. The molecule has 25 heavy (non-hydrogen) atoms. The minimum atomic E-state index is -0.0654. The summed E-state index contributed by atoms with van der Waals surface area (Å²) in [6.45, 7) is 2.55. The molecule has 1 aliphatic rings. The molecule has 0 atom stereocenters. The molecule has 0 unspecified atom stereocenters. The van der Waals surface area contributed by atoms with Gasteiger partial charge in [0, 0.05) is 24.8 Å². The van der Waals surface area contributed by atoms with E-state index in [9.17, 15) is 9.59 Å². The number of carbonyl (C=O) groups excluding carboxylic acids is 2. The average Bonchev–Trinajstić information content (AvgIpc) is 2.60. The molecule has 0 saturated heterocycles. The van der Waals surface area contributed by atoms with Gasteiger partial charge >= 0.3 is 0 Å². The van der Waals surface area contributed by atoms with Crippen molar-refractivity contribution in [1.29, 1.82) is 0 Å². The summed E-state index contributed by atoms with van der Waals surface area (Å²) in [5.41, 5.74) is 3.75. The van der Waals surface area contributed by atoms with Crippen molar-refractivity contribution in [2.75, 3.05) is 23.9 Å². The lowest BCUT2D eigenvalue weighted by atomic mass is 9.98. The van der Waals surface area contributed by atoms with Crippen LogP contribution in [-0.2, 0) is 22.4 Å². The monoisotopic (exact) mass is 338 g/mol. The van der Waals surface area contributed by atoms with Crippen LogP contribution in [0.2, 0.25) is 0 Å². The minimum absolute atomic E-state index is 0.0654. The van der Waals surface area contributed by atoms with Crippen LogP contribution >= 0.6 is 0 Å². The third-order valence-corrected chi connectivity index (χ3v) is 4.30. The van der Waals surface area contributed by atoms with Gasteiger partial charge in [-0.1, -0.05) is 12.1 Å². The van der Waals surface area contributed by atoms with Gasteiger partial charge in [0.2, 0.25) is 11.8 Å². The molecule has 0 spiro atoms. The van der Waals surface area contributed by atoms with Gasteiger partial charge in [-0.15, -0.1) is 0 Å². The Morgan fingerprint density at radius 1 is 1.16 bits per heavy atom. The van der Waals surface area contributed by atoms with Crippen LogP contribution in [0.3, 0.4) is 0 Å². The lowest BCUT2D eigenvalue weighted by Crippen LogP contribution is -2.31.